The lowest BCUT2D eigenvalue weighted by Gasteiger charge is -2.37. The van der Waals surface area contributed by atoms with Crippen LogP contribution in [0.2, 0.25) is 5.02 Å². The fourth-order valence-electron chi connectivity index (χ4n) is 2.36. The van der Waals surface area contributed by atoms with Crippen molar-refractivity contribution in [2.45, 2.75) is 32.2 Å². The van der Waals surface area contributed by atoms with E-state index in [2.05, 4.69) is 36.2 Å². The number of anilines is 1. The van der Waals surface area contributed by atoms with Gasteiger partial charge in [0, 0.05) is 29.3 Å². The van der Waals surface area contributed by atoms with Crippen LogP contribution in [0.25, 0.3) is 0 Å². The van der Waals surface area contributed by atoms with Crippen LogP contribution in [0.3, 0.4) is 0 Å². The molecule has 0 bridgehead atoms. The van der Waals surface area contributed by atoms with Gasteiger partial charge < -0.3 is 10.2 Å². The second kappa shape index (κ2) is 5.28. The fourth-order valence-corrected chi connectivity index (χ4v) is 2.54. The van der Waals surface area contributed by atoms with Gasteiger partial charge in [0.1, 0.15) is 0 Å². The lowest BCUT2D eigenvalue weighted by Crippen LogP contribution is -2.51. The van der Waals surface area contributed by atoms with E-state index in [1.165, 1.54) is 18.5 Å². The van der Waals surface area contributed by atoms with E-state index in [-0.39, 0.29) is 5.54 Å². The van der Waals surface area contributed by atoms with Gasteiger partial charge in [0.05, 0.1) is 0 Å². The molecule has 0 radical (unpaired) electrons. The average Bonchev–Trinajstić information content (AvgIpc) is 2.24. The average molecular weight is 253 g/mol. The number of nitrogens with zero attached hydrogens (tertiary/aromatic N) is 1. The van der Waals surface area contributed by atoms with E-state index in [4.69, 9.17) is 11.6 Å². The molecule has 3 heteroatoms. The summed E-state index contributed by atoms with van der Waals surface area (Å²) in [6.07, 6.45) is 2.47. The van der Waals surface area contributed by atoms with Crippen molar-refractivity contribution in [3.8, 4) is 0 Å². The highest BCUT2D eigenvalue weighted by Gasteiger charge is 2.23. The van der Waals surface area contributed by atoms with Crippen LogP contribution in [0.15, 0.2) is 24.3 Å². The molecule has 1 aromatic rings. The van der Waals surface area contributed by atoms with Crippen LogP contribution >= 0.6 is 11.6 Å². The Kier molecular flexibility index (Phi) is 3.95. The number of halogens is 1. The summed E-state index contributed by atoms with van der Waals surface area (Å²) in [5.41, 5.74) is 1.39. The highest BCUT2D eigenvalue weighted by atomic mass is 35.5. The second-order valence-corrected chi connectivity index (χ2v) is 5.86. The third-order valence-corrected chi connectivity index (χ3v) is 3.45. The molecule has 17 heavy (non-hydrogen) atoms. The van der Waals surface area contributed by atoms with Crippen molar-refractivity contribution in [1.29, 1.82) is 0 Å². The molecular weight excluding hydrogens is 232 g/mol. The van der Waals surface area contributed by atoms with Crippen molar-refractivity contribution in [1.82, 2.24) is 5.32 Å². The molecule has 2 rings (SSSR count). The number of rotatable bonds is 1. The molecule has 2 nitrogen and oxygen atoms in total. The quantitative estimate of drug-likeness (QED) is 0.825. The van der Waals surface area contributed by atoms with Crippen LogP contribution in [-0.4, -0.2) is 25.2 Å². The molecule has 94 valence electrons. The number of hydrogen-bond acceptors (Lipinski definition) is 2. The Hall–Kier alpha value is -0.730. The molecule has 1 heterocycles. The Labute approximate surface area is 109 Å². The lowest BCUT2D eigenvalue weighted by atomic mass is 10.0. The Balaban J connectivity index is 2.17. The molecule has 0 spiro atoms. The van der Waals surface area contributed by atoms with E-state index in [0.29, 0.717) is 0 Å². The summed E-state index contributed by atoms with van der Waals surface area (Å²) in [4.78, 5) is 2.43. The lowest BCUT2D eigenvalue weighted by molar-refractivity contribution is 0.364. The summed E-state index contributed by atoms with van der Waals surface area (Å²) in [6, 6.07) is 8.15. The molecule has 1 saturated heterocycles. The van der Waals surface area contributed by atoms with Crippen molar-refractivity contribution >= 4 is 17.3 Å². The predicted octanol–water partition coefficient (Wildman–Crippen LogP) is 3.31. The monoisotopic (exact) mass is 252 g/mol. The van der Waals surface area contributed by atoms with Gasteiger partial charge in [-0.15, -0.1) is 0 Å². The summed E-state index contributed by atoms with van der Waals surface area (Å²) in [5, 5.41) is 4.42. The zero-order chi connectivity index (χ0) is 12.3. The van der Waals surface area contributed by atoms with Gasteiger partial charge in [0.25, 0.3) is 0 Å². The van der Waals surface area contributed by atoms with Crippen LogP contribution in [-0.2, 0) is 0 Å². The summed E-state index contributed by atoms with van der Waals surface area (Å²) in [7, 11) is 0. The molecule has 0 aromatic heterocycles. The Morgan fingerprint density at radius 2 is 2.12 bits per heavy atom. The third-order valence-electron chi connectivity index (χ3n) is 3.22. The summed E-state index contributed by atoms with van der Waals surface area (Å²) >= 11 is 6.07. The Bertz CT molecular complexity index is 376. The molecule has 0 aliphatic carbocycles. The first kappa shape index (κ1) is 12.7. The predicted molar refractivity (Wildman–Crippen MR) is 75.0 cm³/mol. The number of hydrogen-bond donors (Lipinski definition) is 1. The van der Waals surface area contributed by atoms with Gasteiger partial charge in [-0.2, -0.15) is 0 Å². The van der Waals surface area contributed by atoms with E-state index in [1.54, 1.807) is 0 Å². The summed E-state index contributed by atoms with van der Waals surface area (Å²) in [5.74, 6) is 0. The number of benzene rings is 1. The van der Waals surface area contributed by atoms with Gasteiger partial charge in [-0.3, -0.25) is 0 Å². The topological polar surface area (TPSA) is 15.3 Å². The first-order valence-electron chi connectivity index (χ1n) is 6.32. The summed E-state index contributed by atoms with van der Waals surface area (Å²) < 4.78 is 0. The van der Waals surface area contributed by atoms with Crippen LogP contribution < -0.4 is 10.2 Å². The van der Waals surface area contributed by atoms with E-state index < -0.39 is 0 Å². The molecule has 1 N–H and O–H groups in total. The molecule has 1 aliphatic rings. The molecule has 0 saturated carbocycles. The van der Waals surface area contributed by atoms with Crippen molar-refractivity contribution < 1.29 is 0 Å². The van der Waals surface area contributed by atoms with Gasteiger partial charge in [-0.1, -0.05) is 17.7 Å². The minimum Gasteiger partial charge on any atom is -0.370 e. The molecule has 1 aromatic carbocycles. The third kappa shape index (κ3) is 3.62. The van der Waals surface area contributed by atoms with Crippen molar-refractivity contribution in [3.05, 3.63) is 29.3 Å². The van der Waals surface area contributed by atoms with E-state index in [0.717, 1.165) is 24.7 Å². The molecular formula is C14H21ClN2. The summed E-state index contributed by atoms with van der Waals surface area (Å²) in [6.45, 7) is 7.78. The zero-order valence-electron chi connectivity index (χ0n) is 10.7. The normalized spacial score (nSPS) is 20.8. The SMILES string of the molecule is CC1(C)CN(c2cccc(Cl)c2)CCCCN1. The minimum absolute atomic E-state index is 0.155. The van der Waals surface area contributed by atoms with Crippen LogP contribution in [0, 0.1) is 0 Å². The molecule has 0 amide bonds. The number of nitrogens with one attached hydrogen (secondary N) is 1. The van der Waals surface area contributed by atoms with Crippen LogP contribution in [0.4, 0.5) is 5.69 Å². The molecule has 0 atom stereocenters. The maximum absolute atomic E-state index is 6.07. The van der Waals surface area contributed by atoms with Gasteiger partial charge in [-0.05, 0) is 51.4 Å². The van der Waals surface area contributed by atoms with Gasteiger partial charge in [0.15, 0.2) is 0 Å². The highest BCUT2D eigenvalue weighted by molar-refractivity contribution is 6.30. The van der Waals surface area contributed by atoms with E-state index >= 15 is 0 Å². The molecule has 0 unspecified atom stereocenters. The van der Waals surface area contributed by atoms with Crippen molar-refractivity contribution in [3.63, 3.8) is 0 Å². The van der Waals surface area contributed by atoms with Gasteiger partial charge in [-0.25, -0.2) is 0 Å². The minimum atomic E-state index is 0.155. The maximum atomic E-state index is 6.07. The molecule has 1 aliphatic heterocycles. The maximum Gasteiger partial charge on any atom is 0.0426 e. The standard InChI is InChI=1S/C14H21ClN2/c1-14(2)11-17(9-4-3-8-16-14)13-7-5-6-12(15)10-13/h5-7,10,16H,3-4,8-9,11H2,1-2H3. The Morgan fingerprint density at radius 1 is 1.29 bits per heavy atom. The molecule has 1 fully saturated rings. The Morgan fingerprint density at radius 3 is 2.88 bits per heavy atom. The largest absolute Gasteiger partial charge is 0.370 e. The van der Waals surface area contributed by atoms with Gasteiger partial charge in [0.2, 0.25) is 0 Å². The van der Waals surface area contributed by atoms with E-state index in [9.17, 15) is 0 Å². The first-order valence-corrected chi connectivity index (χ1v) is 6.70. The van der Waals surface area contributed by atoms with Crippen molar-refractivity contribution in [2.24, 2.45) is 0 Å². The smallest absolute Gasteiger partial charge is 0.0426 e. The zero-order valence-corrected chi connectivity index (χ0v) is 11.4. The van der Waals surface area contributed by atoms with Crippen LogP contribution in [0.5, 0.6) is 0 Å². The fraction of sp³-hybridized carbons (Fsp3) is 0.571. The first-order chi connectivity index (χ1) is 8.07. The van der Waals surface area contributed by atoms with Crippen LogP contribution in [0.1, 0.15) is 26.7 Å². The highest BCUT2D eigenvalue weighted by Crippen LogP contribution is 2.22. The van der Waals surface area contributed by atoms with Gasteiger partial charge >= 0.3 is 0 Å². The second-order valence-electron chi connectivity index (χ2n) is 5.42. The van der Waals surface area contributed by atoms with Crippen molar-refractivity contribution in [2.75, 3.05) is 24.5 Å². The van der Waals surface area contributed by atoms with E-state index in [1.807, 2.05) is 12.1 Å².